The lowest BCUT2D eigenvalue weighted by Crippen LogP contribution is -2.50. The van der Waals surface area contributed by atoms with Crippen molar-refractivity contribution >= 4 is 36.2 Å². The van der Waals surface area contributed by atoms with Crippen molar-refractivity contribution in [2.24, 2.45) is 9.98 Å². The number of carbonyl (C=O) groups is 4. The molecule has 2 N–H and O–H groups in total. The highest BCUT2D eigenvalue weighted by molar-refractivity contribution is 5.98. The molecule has 0 bridgehead atoms. The van der Waals surface area contributed by atoms with Crippen molar-refractivity contribution in [3.8, 4) is 0 Å². The molecule has 0 aromatic carbocycles. The summed E-state index contributed by atoms with van der Waals surface area (Å²) in [5.41, 5.74) is 0.0438. The molecule has 43 heavy (non-hydrogen) atoms. The van der Waals surface area contributed by atoms with E-state index in [1.165, 1.54) is 4.90 Å². The fraction of sp³-hybridized carbons (Fsp3) is 0.556. The van der Waals surface area contributed by atoms with Gasteiger partial charge in [-0.2, -0.15) is 0 Å². The molecule has 3 atom stereocenters. The zero-order valence-corrected chi connectivity index (χ0v) is 23.7. The molecule has 1 aliphatic carbocycles. The van der Waals surface area contributed by atoms with E-state index in [9.17, 15) is 19.2 Å². The lowest BCUT2D eigenvalue weighted by atomic mass is 10.0. The van der Waals surface area contributed by atoms with E-state index in [-0.39, 0.29) is 88.5 Å². The Kier molecular flexibility index (Phi) is 9.21. The molecule has 2 saturated heterocycles. The molecule has 0 radical (unpaired) electrons. The number of ether oxygens (including phenoxy) is 2. The first-order chi connectivity index (χ1) is 20.7. The molecule has 0 aromatic rings. The maximum absolute atomic E-state index is 15.3. The molecule has 0 spiro atoms. The van der Waals surface area contributed by atoms with Crippen LogP contribution in [0.15, 0.2) is 45.6 Å². The summed E-state index contributed by atoms with van der Waals surface area (Å²) < 4.78 is 40.5. The van der Waals surface area contributed by atoms with Crippen LogP contribution in [0, 0.1) is 0 Å². The van der Waals surface area contributed by atoms with Gasteiger partial charge in [0.2, 0.25) is 17.8 Å². The van der Waals surface area contributed by atoms with Crippen LogP contribution >= 0.6 is 0 Å². The average molecular weight is 605 g/mol. The van der Waals surface area contributed by atoms with Crippen LogP contribution in [0.2, 0.25) is 0 Å². The van der Waals surface area contributed by atoms with Gasteiger partial charge in [0.25, 0.3) is 0 Å². The van der Waals surface area contributed by atoms with Crippen molar-refractivity contribution in [3.05, 3.63) is 35.6 Å². The topological polar surface area (TPSA) is 148 Å². The van der Waals surface area contributed by atoms with E-state index < -0.39 is 36.3 Å². The number of hydrogen-bond acceptors (Lipinski definition) is 10. The standard InChI is InChI=1S/C27H34F2N8O6/c1-2-42-26(40)32-14-18-15-37(27(41)43-18)17-12-19(28)23(20(29)13-17)35-10-8-34(9-11-35)22(38)4-6-30-24(39)21-16-36-7-3-5-31-25(36)33-21/h3,5,7,12,18,20-21H,2,4,6,8-11,13-16H2,1H3,(H,30,39)(H,32,40). The Morgan fingerprint density at radius 2 is 1.95 bits per heavy atom. The Labute approximate surface area is 246 Å². The van der Waals surface area contributed by atoms with Crippen LogP contribution in [0.5, 0.6) is 0 Å². The predicted molar refractivity (Wildman–Crippen MR) is 149 cm³/mol. The van der Waals surface area contributed by atoms with Crippen LogP contribution in [-0.4, -0.2) is 133 Å². The molecule has 0 aromatic heterocycles. The molecular formula is C27H34F2N8O6. The Balaban J connectivity index is 1.07. The van der Waals surface area contributed by atoms with Gasteiger partial charge in [-0.05, 0) is 19.1 Å². The molecule has 4 aliphatic heterocycles. The minimum Gasteiger partial charge on any atom is -0.450 e. The van der Waals surface area contributed by atoms with Gasteiger partial charge in [-0.3, -0.25) is 14.5 Å². The van der Waals surface area contributed by atoms with Crippen LogP contribution < -0.4 is 10.6 Å². The van der Waals surface area contributed by atoms with Gasteiger partial charge in [0, 0.05) is 63.7 Å². The van der Waals surface area contributed by atoms with Gasteiger partial charge < -0.3 is 34.8 Å². The highest BCUT2D eigenvalue weighted by Crippen LogP contribution is 2.34. The lowest BCUT2D eigenvalue weighted by Gasteiger charge is -2.39. The third kappa shape index (κ3) is 6.94. The Morgan fingerprint density at radius 1 is 1.16 bits per heavy atom. The number of nitrogens with one attached hydrogen (secondary N) is 2. The molecule has 4 heterocycles. The summed E-state index contributed by atoms with van der Waals surface area (Å²) in [5.74, 6) is -0.754. The van der Waals surface area contributed by atoms with Gasteiger partial charge in [0.05, 0.1) is 31.9 Å². The Hall–Kier alpha value is -4.50. The van der Waals surface area contributed by atoms with E-state index in [4.69, 9.17) is 9.47 Å². The number of fused-ring (bicyclic) bond motifs is 1. The Bertz CT molecular complexity index is 1290. The van der Waals surface area contributed by atoms with Gasteiger partial charge in [-0.1, -0.05) is 0 Å². The number of carbonyl (C=O) groups excluding carboxylic acids is 4. The maximum Gasteiger partial charge on any atom is 0.414 e. The number of alkyl carbamates (subject to hydrolysis) is 1. The summed E-state index contributed by atoms with van der Waals surface area (Å²) in [6, 6.07) is -0.596. The summed E-state index contributed by atoms with van der Waals surface area (Å²) >= 11 is 0. The number of piperazine rings is 1. The van der Waals surface area contributed by atoms with E-state index >= 15 is 8.78 Å². The number of guanidine groups is 1. The maximum atomic E-state index is 15.3. The zero-order valence-electron chi connectivity index (χ0n) is 23.7. The third-order valence-corrected chi connectivity index (χ3v) is 7.55. The molecule has 2 fully saturated rings. The van der Waals surface area contributed by atoms with Gasteiger partial charge in [0.1, 0.15) is 18.1 Å². The number of cyclic esters (lactones) is 1. The number of amides is 4. The molecule has 0 saturated carbocycles. The first-order valence-corrected chi connectivity index (χ1v) is 14.2. The summed E-state index contributed by atoms with van der Waals surface area (Å²) in [7, 11) is 0. The smallest absolute Gasteiger partial charge is 0.414 e. The molecule has 16 heteroatoms. The number of rotatable bonds is 9. The number of aliphatic imine (C=N–C) groups is 2. The van der Waals surface area contributed by atoms with Crippen molar-refractivity contribution in [1.29, 1.82) is 0 Å². The van der Waals surface area contributed by atoms with Crippen LogP contribution in [0.25, 0.3) is 0 Å². The van der Waals surface area contributed by atoms with Crippen molar-refractivity contribution in [1.82, 2.24) is 30.2 Å². The number of hydrogen-bond donors (Lipinski definition) is 2. The SMILES string of the molecule is CCOC(=O)NCC1CN(C2=CC(F)=C(N3CCN(C(=O)CCNC(=O)C4CN5C=CC=NC5=N4)CC3)C(F)C2)C(=O)O1. The van der Waals surface area contributed by atoms with Crippen LogP contribution in [0.1, 0.15) is 19.8 Å². The van der Waals surface area contributed by atoms with Gasteiger partial charge >= 0.3 is 12.2 Å². The summed E-state index contributed by atoms with van der Waals surface area (Å²) in [6.45, 7) is 3.46. The minimum atomic E-state index is -1.69. The molecular weight excluding hydrogens is 570 g/mol. The highest BCUT2D eigenvalue weighted by Gasteiger charge is 2.39. The summed E-state index contributed by atoms with van der Waals surface area (Å²) in [5, 5.41) is 5.22. The first-order valence-electron chi connectivity index (χ1n) is 14.2. The largest absolute Gasteiger partial charge is 0.450 e. The lowest BCUT2D eigenvalue weighted by molar-refractivity contribution is -0.132. The molecule has 5 aliphatic rings. The average Bonchev–Trinajstić information content (AvgIpc) is 3.59. The predicted octanol–water partition coefficient (Wildman–Crippen LogP) is 0.649. The number of nitrogens with zero attached hydrogens (tertiary/aromatic N) is 6. The van der Waals surface area contributed by atoms with Crippen molar-refractivity contribution in [2.75, 3.05) is 59.0 Å². The molecule has 14 nitrogen and oxygen atoms in total. The van der Waals surface area contributed by atoms with Gasteiger partial charge in [-0.15, -0.1) is 0 Å². The fourth-order valence-electron chi connectivity index (χ4n) is 5.40. The second-order valence-corrected chi connectivity index (χ2v) is 10.4. The van der Waals surface area contributed by atoms with E-state index in [0.29, 0.717) is 12.5 Å². The number of halogens is 2. The highest BCUT2D eigenvalue weighted by atomic mass is 19.1. The molecule has 3 unspecified atom stereocenters. The third-order valence-electron chi connectivity index (χ3n) is 7.55. The van der Waals surface area contributed by atoms with Crippen molar-refractivity contribution in [3.63, 3.8) is 0 Å². The summed E-state index contributed by atoms with van der Waals surface area (Å²) in [4.78, 5) is 63.6. The zero-order chi connectivity index (χ0) is 30.5. The van der Waals surface area contributed by atoms with Crippen molar-refractivity contribution < 1.29 is 37.4 Å². The first kappa shape index (κ1) is 30.0. The van der Waals surface area contributed by atoms with Crippen LogP contribution in [0.4, 0.5) is 18.4 Å². The van der Waals surface area contributed by atoms with E-state index in [0.717, 1.165) is 6.08 Å². The molecule has 5 rings (SSSR count). The number of alkyl halides is 1. The Morgan fingerprint density at radius 3 is 2.67 bits per heavy atom. The molecule has 4 amide bonds. The van der Waals surface area contributed by atoms with Crippen LogP contribution in [-0.2, 0) is 19.1 Å². The molecule has 232 valence electrons. The van der Waals surface area contributed by atoms with E-state index in [2.05, 4.69) is 20.6 Å². The van der Waals surface area contributed by atoms with Gasteiger partial charge in [-0.25, -0.2) is 28.4 Å². The minimum absolute atomic E-state index is 0.00828. The fourth-order valence-corrected chi connectivity index (χ4v) is 5.40. The summed E-state index contributed by atoms with van der Waals surface area (Å²) in [6.07, 6.45) is 2.40. The van der Waals surface area contributed by atoms with E-state index in [1.807, 2.05) is 0 Å². The van der Waals surface area contributed by atoms with Gasteiger partial charge in [0.15, 0.2) is 6.04 Å². The number of allylic oxidation sites excluding steroid dienone is 5. The van der Waals surface area contributed by atoms with Crippen LogP contribution in [0.3, 0.4) is 0 Å². The normalized spacial score (nSPS) is 24.9. The van der Waals surface area contributed by atoms with E-state index in [1.54, 1.807) is 40.1 Å². The monoisotopic (exact) mass is 604 g/mol. The quantitative estimate of drug-likeness (QED) is 0.390. The second-order valence-electron chi connectivity index (χ2n) is 10.4. The second kappa shape index (κ2) is 13.2. The van der Waals surface area contributed by atoms with Crippen molar-refractivity contribution in [2.45, 2.75) is 38.1 Å².